The molecule has 3 rings (SSSR count). The Hall–Kier alpha value is -1.02. The molecule has 18 heavy (non-hydrogen) atoms. The molecule has 2 heterocycles. The highest BCUT2D eigenvalue weighted by Crippen LogP contribution is 2.35. The van der Waals surface area contributed by atoms with Crippen LogP contribution in [0.3, 0.4) is 0 Å². The summed E-state index contributed by atoms with van der Waals surface area (Å²) in [5, 5.41) is 3.78. The van der Waals surface area contributed by atoms with Crippen LogP contribution in [0.1, 0.15) is 36.8 Å². The van der Waals surface area contributed by atoms with Crippen LogP contribution in [-0.2, 0) is 0 Å². The van der Waals surface area contributed by atoms with E-state index >= 15 is 0 Å². The average Bonchev–Trinajstić information content (AvgIpc) is 2.59. The molecule has 98 valence electrons. The number of nitrogens with zero attached hydrogens (tertiary/aromatic N) is 1. The van der Waals surface area contributed by atoms with Gasteiger partial charge in [0.1, 0.15) is 0 Å². The lowest BCUT2D eigenvalue weighted by Crippen LogP contribution is -2.44. The van der Waals surface area contributed by atoms with Crippen molar-refractivity contribution in [3.05, 3.63) is 29.3 Å². The van der Waals surface area contributed by atoms with Gasteiger partial charge in [0, 0.05) is 23.8 Å². The first-order valence-electron chi connectivity index (χ1n) is 7.20. The van der Waals surface area contributed by atoms with Crippen LogP contribution < -0.4 is 5.32 Å². The third-order valence-electron chi connectivity index (χ3n) is 5.06. The third-order valence-corrected chi connectivity index (χ3v) is 5.06. The van der Waals surface area contributed by atoms with Gasteiger partial charge in [0.2, 0.25) is 0 Å². The van der Waals surface area contributed by atoms with Crippen molar-refractivity contribution in [2.75, 3.05) is 12.4 Å². The summed E-state index contributed by atoms with van der Waals surface area (Å²) in [5.74, 6) is 0. The molecule has 2 aliphatic heterocycles. The molecule has 1 aromatic rings. The minimum atomic E-state index is 0.666. The van der Waals surface area contributed by atoms with Crippen molar-refractivity contribution >= 4 is 5.69 Å². The van der Waals surface area contributed by atoms with Crippen molar-refractivity contribution in [2.45, 2.75) is 57.7 Å². The predicted molar refractivity (Wildman–Crippen MR) is 77.1 cm³/mol. The number of benzene rings is 1. The number of aryl methyl sites for hydroxylation is 1. The van der Waals surface area contributed by atoms with Gasteiger partial charge in [-0.3, -0.25) is 0 Å². The fourth-order valence-corrected chi connectivity index (χ4v) is 3.66. The van der Waals surface area contributed by atoms with Crippen molar-refractivity contribution in [3.8, 4) is 0 Å². The minimum Gasteiger partial charge on any atom is -0.382 e. The Balaban J connectivity index is 1.72. The fourth-order valence-electron chi connectivity index (χ4n) is 3.66. The molecule has 2 bridgehead atoms. The summed E-state index contributed by atoms with van der Waals surface area (Å²) in [6.07, 6.45) is 5.40. The van der Waals surface area contributed by atoms with Crippen LogP contribution in [0.5, 0.6) is 0 Å². The molecule has 1 aromatic carbocycles. The van der Waals surface area contributed by atoms with Crippen LogP contribution in [0, 0.1) is 13.8 Å². The van der Waals surface area contributed by atoms with E-state index in [4.69, 9.17) is 0 Å². The summed E-state index contributed by atoms with van der Waals surface area (Å²) < 4.78 is 0. The summed E-state index contributed by atoms with van der Waals surface area (Å²) in [5.41, 5.74) is 4.13. The summed E-state index contributed by atoms with van der Waals surface area (Å²) in [4.78, 5) is 2.60. The Morgan fingerprint density at radius 2 is 1.78 bits per heavy atom. The smallest absolute Gasteiger partial charge is 0.0374 e. The first-order chi connectivity index (χ1) is 8.65. The first-order valence-corrected chi connectivity index (χ1v) is 7.20. The molecule has 1 N–H and O–H groups in total. The van der Waals surface area contributed by atoms with Gasteiger partial charge < -0.3 is 10.2 Å². The molecule has 2 saturated heterocycles. The van der Waals surface area contributed by atoms with Gasteiger partial charge in [-0.05, 0) is 63.8 Å². The number of rotatable bonds is 2. The highest BCUT2D eigenvalue weighted by atomic mass is 15.2. The van der Waals surface area contributed by atoms with Crippen molar-refractivity contribution in [1.29, 1.82) is 0 Å². The predicted octanol–water partition coefficient (Wildman–Crippen LogP) is 3.34. The Kier molecular flexibility index (Phi) is 3.06. The SMILES string of the molecule is Cc1cccc(NC2CC3CCC(C2)N3C)c1C. The third kappa shape index (κ3) is 2.03. The van der Waals surface area contributed by atoms with Gasteiger partial charge >= 0.3 is 0 Å². The van der Waals surface area contributed by atoms with E-state index < -0.39 is 0 Å². The summed E-state index contributed by atoms with van der Waals surface area (Å²) in [6.45, 7) is 4.42. The second kappa shape index (κ2) is 4.58. The van der Waals surface area contributed by atoms with E-state index in [0.29, 0.717) is 6.04 Å². The topological polar surface area (TPSA) is 15.3 Å². The monoisotopic (exact) mass is 244 g/mol. The molecule has 2 atom stereocenters. The first kappa shape index (κ1) is 12.0. The zero-order chi connectivity index (χ0) is 12.7. The van der Waals surface area contributed by atoms with Crippen LogP contribution in [0.25, 0.3) is 0 Å². The van der Waals surface area contributed by atoms with Gasteiger partial charge in [-0.1, -0.05) is 12.1 Å². The molecule has 2 aliphatic rings. The second-order valence-corrected chi connectivity index (χ2v) is 6.11. The lowest BCUT2D eigenvalue weighted by Gasteiger charge is -2.37. The van der Waals surface area contributed by atoms with Crippen molar-refractivity contribution in [3.63, 3.8) is 0 Å². The molecular formula is C16H24N2. The van der Waals surface area contributed by atoms with Gasteiger partial charge in [0.05, 0.1) is 0 Å². The van der Waals surface area contributed by atoms with E-state index in [9.17, 15) is 0 Å². The molecule has 0 aliphatic carbocycles. The van der Waals surface area contributed by atoms with Crippen LogP contribution in [0.15, 0.2) is 18.2 Å². The van der Waals surface area contributed by atoms with Crippen molar-refractivity contribution < 1.29 is 0 Å². The van der Waals surface area contributed by atoms with E-state index in [-0.39, 0.29) is 0 Å². The van der Waals surface area contributed by atoms with E-state index in [2.05, 4.69) is 49.3 Å². The standard InChI is InChI=1S/C16H24N2/c1-11-5-4-6-16(12(11)2)17-13-9-14-7-8-15(10-13)18(14)3/h4-6,13-15,17H,7-10H2,1-3H3. The summed E-state index contributed by atoms with van der Waals surface area (Å²) >= 11 is 0. The van der Waals surface area contributed by atoms with Crippen molar-refractivity contribution in [2.24, 2.45) is 0 Å². The van der Waals surface area contributed by atoms with E-state index in [1.807, 2.05) is 0 Å². The lowest BCUT2D eigenvalue weighted by molar-refractivity contribution is 0.169. The van der Waals surface area contributed by atoms with E-state index in [0.717, 1.165) is 12.1 Å². The molecule has 2 nitrogen and oxygen atoms in total. The Morgan fingerprint density at radius 3 is 2.44 bits per heavy atom. The van der Waals surface area contributed by atoms with Gasteiger partial charge in [-0.2, -0.15) is 0 Å². The fraction of sp³-hybridized carbons (Fsp3) is 0.625. The maximum absolute atomic E-state index is 3.78. The normalized spacial score (nSPS) is 31.6. The maximum Gasteiger partial charge on any atom is 0.0374 e. The molecule has 0 aromatic heterocycles. The zero-order valence-corrected chi connectivity index (χ0v) is 11.7. The molecule has 2 heteroatoms. The van der Waals surface area contributed by atoms with Crippen LogP contribution >= 0.6 is 0 Å². The van der Waals surface area contributed by atoms with Crippen molar-refractivity contribution in [1.82, 2.24) is 4.90 Å². The Bertz CT molecular complexity index is 427. The summed E-state index contributed by atoms with van der Waals surface area (Å²) in [6, 6.07) is 8.87. The van der Waals surface area contributed by atoms with E-state index in [1.54, 1.807) is 0 Å². The maximum atomic E-state index is 3.78. The van der Waals surface area contributed by atoms with Crippen LogP contribution in [-0.4, -0.2) is 30.1 Å². The number of anilines is 1. The highest BCUT2D eigenvalue weighted by molar-refractivity contribution is 5.54. The number of fused-ring (bicyclic) bond motifs is 2. The Labute approximate surface area is 110 Å². The van der Waals surface area contributed by atoms with Gasteiger partial charge in [0.15, 0.2) is 0 Å². The zero-order valence-electron chi connectivity index (χ0n) is 11.7. The summed E-state index contributed by atoms with van der Waals surface area (Å²) in [7, 11) is 2.30. The number of nitrogens with one attached hydrogen (secondary N) is 1. The van der Waals surface area contributed by atoms with Gasteiger partial charge in [0.25, 0.3) is 0 Å². The van der Waals surface area contributed by atoms with Crippen LogP contribution in [0.4, 0.5) is 5.69 Å². The van der Waals surface area contributed by atoms with Gasteiger partial charge in [-0.15, -0.1) is 0 Å². The quantitative estimate of drug-likeness (QED) is 0.858. The second-order valence-electron chi connectivity index (χ2n) is 6.11. The number of hydrogen-bond donors (Lipinski definition) is 1. The molecule has 0 saturated carbocycles. The highest BCUT2D eigenvalue weighted by Gasteiger charge is 2.38. The van der Waals surface area contributed by atoms with Gasteiger partial charge in [-0.25, -0.2) is 0 Å². The number of piperidine rings is 1. The van der Waals surface area contributed by atoms with Crippen LogP contribution in [0.2, 0.25) is 0 Å². The molecule has 0 radical (unpaired) electrons. The molecule has 2 fully saturated rings. The lowest BCUT2D eigenvalue weighted by atomic mass is 9.97. The Morgan fingerprint density at radius 1 is 1.11 bits per heavy atom. The van der Waals surface area contributed by atoms with E-state index in [1.165, 1.54) is 42.5 Å². The molecule has 0 spiro atoms. The molecule has 2 unspecified atom stereocenters. The largest absolute Gasteiger partial charge is 0.382 e. The number of hydrogen-bond acceptors (Lipinski definition) is 2. The molecular weight excluding hydrogens is 220 g/mol. The average molecular weight is 244 g/mol. The molecule has 0 amide bonds. The minimum absolute atomic E-state index is 0.666.